The van der Waals surface area contributed by atoms with Crippen LogP contribution < -0.4 is 0 Å². The van der Waals surface area contributed by atoms with Crippen LogP contribution in [0.5, 0.6) is 0 Å². The number of esters is 1. The van der Waals surface area contributed by atoms with Crippen LogP contribution in [0.25, 0.3) is 6.08 Å². The van der Waals surface area contributed by atoms with Crippen molar-refractivity contribution >= 4 is 35.4 Å². The summed E-state index contributed by atoms with van der Waals surface area (Å²) in [4.78, 5) is 37.2. The van der Waals surface area contributed by atoms with Crippen LogP contribution in [-0.4, -0.2) is 46.0 Å². The summed E-state index contributed by atoms with van der Waals surface area (Å²) in [5.74, 6) is 0.327. The topological polar surface area (TPSA) is 89.8 Å². The second kappa shape index (κ2) is 9.23. The largest absolute Gasteiger partial charge is 0.467 e. The first-order valence-electron chi connectivity index (χ1n) is 9.45. The molecule has 0 aromatic heterocycles. The minimum absolute atomic E-state index is 0.00235. The van der Waals surface area contributed by atoms with E-state index in [-0.39, 0.29) is 22.9 Å². The van der Waals surface area contributed by atoms with Crippen molar-refractivity contribution < 1.29 is 19.2 Å². The van der Waals surface area contributed by atoms with Gasteiger partial charge in [-0.3, -0.25) is 14.9 Å². The lowest BCUT2D eigenvalue weighted by atomic mass is 9.88. The molecule has 2 fully saturated rings. The molecule has 150 valence electrons. The zero-order chi connectivity index (χ0) is 20.1. The monoisotopic (exact) mass is 404 g/mol. The summed E-state index contributed by atoms with van der Waals surface area (Å²) in [5, 5.41) is 10.7. The summed E-state index contributed by atoms with van der Waals surface area (Å²) in [5.41, 5.74) is 0.692. The first-order chi connectivity index (χ1) is 13.5. The first-order valence-corrected chi connectivity index (χ1v) is 10.5. The molecule has 0 bridgehead atoms. The van der Waals surface area contributed by atoms with Crippen molar-refractivity contribution in [2.24, 2.45) is 5.92 Å². The van der Waals surface area contributed by atoms with Gasteiger partial charge in [-0.2, -0.15) is 0 Å². The standard InChI is InChI=1S/C20H24N2O5S/c1-27-20(24)17-13-28-19(15-5-3-2-4-6-15)21(17)18(23)12-9-14-7-10-16(11-8-14)22(25)26/h7-12,15,17,19H,2-6,13H2,1H3/b12-9+. The van der Waals surface area contributed by atoms with Gasteiger partial charge in [-0.15, -0.1) is 11.8 Å². The third kappa shape index (κ3) is 4.55. The van der Waals surface area contributed by atoms with Crippen molar-refractivity contribution in [3.8, 4) is 0 Å². The predicted molar refractivity (Wildman–Crippen MR) is 108 cm³/mol. The maximum atomic E-state index is 13.0. The summed E-state index contributed by atoms with van der Waals surface area (Å²) in [7, 11) is 1.34. The Bertz CT molecular complexity index is 758. The van der Waals surface area contributed by atoms with Gasteiger partial charge in [0.1, 0.15) is 6.04 Å². The third-order valence-corrected chi connectivity index (χ3v) is 6.80. The Morgan fingerprint density at radius 3 is 2.50 bits per heavy atom. The molecule has 2 aliphatic rings. The number of methoxy groups -OCH3 is 1. The molecule has 1 aliphatic heterocycles. The highest BCUT2D eigenvalue weighted by molar-refractivity contribution is 8.00. The van der Waals surface area contributed by atoms with E-state index in [4.69, 9.17) is 4.74 Å². The molecular weight excluding hydrogens is 380 g/mol. The highest BCUT2D eigenvalue weighted by atomic mass is 32.2. The van der Waals surface area contributed by atoms with Gasteiger partial charge in [0.2, 0.25) is 5.91 Å². The van der Waals surface area contributed by atoms with E-state index in [0.29, 0.717) is 17.2 Å². The highest BCUT2D eigenvalue weighted by Gasteiger charge is 2.44. The molecule has 8 heteroatoms. The van der Waals surface area contributed by atoms with E-state index < -0.39 is 11.0 Å². The fourth-order valence-corrected chi connectivity index (χ4v) is 5.50. The van der Waals surface area contributed by atoms with E-state index >= 15 is 0 Å². The Kier molecular flexibility index (Phi) is 6.72. The smallest absolute Gasteiger partial charge is 0.329 e. The number of carbonyl (C=O) groups excluding carboxylic acids is 2. The van der Waals surface area contributed by atoms with E-state index in [2.05, 4.69) is 0 Å². The lowest BCUT2D eigenvalue weighted by molar-refractivity contribution is -0.384. The van der Waals surface area contributed by atoms with E-state index in [1.54, 1.807) is 34.9 Å². The average Bonchev–Trinajstić information content (AvgIpc) is 3.17. The number of nitrogens with zero attached hydrogens (tertiary/aromatic N) is 2. The molecule has 1 heterocycles. The van der Waals surface area contributed by atoms with E-state index in [0.717, 1.165) is 25.7 Å². The van der Waals surface area contributed by atoms with Crippen LogP contribution >= 0.6 is 11.8 Å². The van der Waals surface area contributed by atoms with Crippen LogP contribution in [-0.2, 0) is 14.3 Å². The van der Waals surface area contributed by atoms with Gasteiger partial charge in [-0.1, -0.05) is 19.3 Å². The fraction of sp³-hybridized carbons (Fsp3) is 0.500. The summed E-state index contributed by atoms with van der Waals surface area (Å²) >= 11 is 1.66. The van der Waals surface area contributed by atoms with E-state index in [9.17, 15) is 19.7 Å². The molecule has 0 spiro atoms. The minimum atomic E-state index is -0.573. The average molecular weight is 404 g/mol. The van der Waals surface area contributed by atoms with Gasteiger partial charge in [0.25, 0.3) is 5.69 Å². The molecular formula is C20H24N2O5S. The number of rotatable bonds is 5. The van der Waals surface area contributed by atoms with Crippen molar-refractivity contribution in [1.82, 2.24) is 4.90 Å². The van der Waals surface area contributed by atoms with Crippen LogP contribution in [0.4, 0.5) is 5.69 Å². The fourth-order valence-electron chi connectivity index (χ4n) is 3.87. The summed E-state index contributed by atoms with van der Waals surface area (Å²) < 4.78 is 4.91. The van der Waals surface area contributed by atoms with Crippen LogP contribution in [0.15, 0.2) is 30.3 Å². The van der Waals surface area contributed by atoms with Crippen LogP contribution in [0, 0.1) is 16.0 Å². The zero-order valence-electron chi connectivity index (χ0n) is 15.8. The first kappa shape index (κ1) is 20.4. The maximum absolute atomic E-state index is 13.0. The molecule has 1 saturated carbocycles. The Morgan fingerprint density at radius 2 is 1.89 bits per heavy atom. The maximum Gasteiger partial charge on any atom is 0.329 e. The number of carbonyl (C=O) groups is 2. The van der Waals surface area contributed by atoms with Gasteiger partial charge in [0, 0.05) is 24.0 Å². The van der Waals surface area contributed by atoms with Gasteiger partial charge in [-0.25, -0.2) is 4.79 Å². The van der Waals surface area contributed by atoms with Gasteiger partial charge < -0.3 is 9.64 Å². The van der Waals surface area contributed by atoms with Gasteiger partial charge in [0.05, 0.1) is 17.4 Å². The predicted octanol–water partition coefficient (Wildman–Crippen LogP) is 3.63. The van der Waals surface area contributed by atoms with Gasteiger partial charge in [0.15, 0.2) is 0 Å². The Morgan fingerprint density at radius 1 is 1.21 bits per heavy atom. The SMILES string of the molecule is COC(=O)C1CSC(C2CCCCC2)N1C(=O)/C=C/c1ccc([N+](=O)[O-])cc1. The molecule has 28 heavy (non-hydrogen) atoms. The molecule has 0 radical (unpaired) electrons. The zero-order valence-corrected chi connectivity index (χ0v) is 16.6. The normalized spacial score (nSPS) is 23.1. The second-order valence-electron chi connectivity index (χ2n) is 7.09. The van der Waals surface area contributed by atoms with Crippen molar-refractivity contribution in [2.75, 3.05) is 12.9 Å². The van der Waals surface area contributed by atoms with Crippen molar-refractivity contribution in [3.05, 3.63) is 46.0 Å². The number of non-ortho nitro benzene ring substituents is 1. The lowest BCUT2D eigenvalue weighted by Gasteiger charge is -2.34. The number of ether oxygens (including phenoxy) is 1. The number of nitro groups is 1. The second-order valence-corrected chi connectivity index (χ2v) is 8.24. The molecule has 1 aromatic rings. The van der Waals surface area contributed by atoms with Gasteiger partial charge in [-0.05, 0) is 42.5 Å². The number of nitro benzene ring substituents is 1. The van der Waals surface area contributed by atoms with E-state index in [1.165, 1.54) is 31.7 Å². The van der Waals surface area contributed by atoms with Crippen molar-refractivity contribution in [1.29, 1.82) is 0 Å². The quantitative estimate of drug-likeness (QED) is 0.322. The molecule has 1 aromatic carbocycles. The van der Waals surface area contributed by atoms with Crippen LogP contribution in [0.3, 0.4) is 0 Å². The Labute approximate surface area is 168 Å². The lowest BCUT2D eigenvalue weighted by Crippen LogP contribution is -2.47. The molecule has 1 aliphatic carbocycles. The molecule has 1 saturated heterocycles. The van der Waals surface area contributed by atoms with Crippen LogP contribution in [0.2, 0.25) is 0 Å². The summed E-state index contributed by atoms with van der Waals surface area (Å²) in [6, 6.07) is 5.42. The summed E-state index contributed by atoms with van der Waals surface area (Å²) in [6.45, 7) is 0. The van der Waals surface area contributed by atoms with Gasteiger partial charge >= 0.3 is 5.97 Å². The van der Waals surface area contributed by atoms with Crippen molar-refractivity contribution in [3.63, 3.8) is 0 Å². The Balaban J connectivity index is 1.77. The van der Waals surface area contributed by atoms with Crippen molar-refractivity contribution in [2.45, 2.75) is 43.5 Å². The molecule has 2 unspecified atom stereocenters. The van der Waals surface area contributed by atoms with E-state index in [1.807, 2.05) is 0 Å². The highest BCUT2D eigenvalue weighted by Crippen LogP contribution is 2.40. The molecule has 3 rings (SSSR count). The number of benzene rings is 1. The van der Waals surface area contributed by atoms with Crippen LogP contribution in [0.1, 0.15) is 37.7 Å². The number of thioether (sulfide) groups is 1. The number of amides is 1. The molecule has 2 atom stereocenters. The molecule has 0 N–H and O–H groups in total. The molecule has 7 nitrogen and oxygen atoms in total. The summed E-state index contributed by atoms with van der Waals surface area (Å²) in [6.07, 6.45) is 8.75. The number of hydrogen-bond donors (Lipinski definition) is 0. The minimum Gasteiger partial charge on any atom is -0.467 e. The molecule has 1 amide bonds. The number of hydrogen-bond acceptors (Lipinski definition) is 6. The Hall–Kier alpha value is -2.35. The third-order valence-electron chi connectivity index (χ3n) is 5.34.